The van der Waals surface area contributed by atoms with Gasteiger partial charge in [-0.05, 0) is 30.0 Å². The second kappa shape index (κ2) is 9.46. The highest BCUT2D eigenvalue weighted by Crippen LogP contribution is 2.27. The van der Waals surface area contributed by atoms with Gasteiger partial charge in [0.25, 0.3) is 5.91 Å². The molecule has 1 aromatic carbocycles. The predicted octanol–water partition coefficient (Wildman–Crippen LogP) is 2.07. The fraction of sp³-hybridized carbons (Fsp3) is 0.471. The van der Waals surface area contributed by atoms with Gasteiger partial charge in [-0.2, -0.15) is 5.26 Å². The van der Waals surface area contributed by atoms with Crippen LogP contribution in [0.2, 0.25) is 0 Å². The molecule has 23 heavy (non-hydrogen) atoms. The van der Waals surface area contributed by atoms with Crippen LogP contribution in [0.15, 0.2) is 18.2 Å². The van der Waals surface area contributed by atoms with Crippen molar-refractivity contribution in [1.82, 2.24) is 5.32 Å². The van der Waals surface area contributed by atoms with Crippen molar-refractivity contribution in [3.05, 3.63) is 29.3 Å². The van der Waals surface area contributed by atoms with Gasteiger partial charge in [-0.25, -0.2) is 4.79 Å². The predicted molar refractivity (Wildman–Crippen MR) is 85.0 cm³/mol. The van der Waals surface area contributed by atoms with Gasteiger partial charge in [-0.15, -0.1) is 0 Å². The number of nitrogens with one attached hydrogen (secondary N) is 1. The van der Waals surface area contributed by atoms with Crippen molar-refractivity contribution in [1.29, 1.82) is 5.26 Å². The summed E-state index contributed by atoms with van der Waals surface area (Å²) in [6.45, 7) is 5.64. The van der Waals surface area contributed by atoms with Crippen molar-refractivity contribution in [2.45, 2.75) is 33.1 Å². The molecular formula is C17H22N2O4. The Morgan fingerprint density at radius 1 is 1.30 bits per heavy atom. The number of nitriles is 1. The second-order valence-electron chi connectivity index (χ2n) is 5.40. The average Bonchev–Trinajstić information content (AvgIpc) is 2.51. The number of carbonyl (C=O) groups excluding carboxylic acids is 2. The molecule has 0 aliphatic heterocycles. The van der Waals surface area contributed by atoms with E-state index < -0.39 is 11.9 Å². The van der Waals surface area contributed by atoms with Gasteiger partial charge in [0.1, 0.15) is 5.75 Å². The van der Waals surface area contributed by atoms with Gasteiger partial charge >= 0.3 is 5.97 Å². The first kappa shape index (κ1) is 18.5. The molecule has 0 aromatic heterocycles. The average molecular weight is 318 g/mol. The number of esters is 1. The fourth-order valence-electron chi connectivity index (χ4n) is 1.88. The number of rotatable bonds is 8. The van der Waals surface area contributed by atoms with Crippen LogP contribution in [0.3, 0.4) is 0 Å². The van der Waals surface area contributed by atoms with Crippen molar-refractivity contribution in [2.75, 3.05) is 19.8 Å². The van der Waals surface area contributed by atoms with Crippen molar-refractivity contribution in [3.63, 3.8) is 0 Å². The van der Waals surface area contributed by atoms with Crippen molar-refractivity contribution in [3.8, 4) is 11.8 Å². The maximum atomic E-state index is 11.6. The molecule has 6 heteroatoms. The Morgan fingerprint density at radius 2 is 2.04 bits per heavy atom. The maximum absolute atomic E-state index is 11.6. The van der Waals surface area contributed by atoms with E-state index in [4.69, 9.17) is 14.7 Å². The number of hydrogen-bond donors (Lipinski definition) is 1. The van der Waals surface area contributed by atoms with E-state index in [1.54, 1.807) is 0 Å². The third-order valence-corrected chi connectivity index (χ3v) is 3.06. The Morgan fingerprint density at radius 3 is 2.70 bits per heavy atom. The van der Waals surface area contributed by atoms with E-state index in [2.05, 4.69) is 5.32 Å². The van der Waals surface area contributed by atoms with Gasteiger partial charge in [0, 0.05) is 6.54 Å². The molecule has 0 heterocycles. The van der Waals surface area contributed by atoms with E-state index in [-0.39, 0.29) is 32.1 Å². The molecule has 1 amide bonds. The number of carbonyl (C=O) groups is 2. The standard InChI is InChI=1S/C17H22N2O4/c1-12(2)14-6-5-13(3)9-15(14)22-11-17(21)23-10-16(20)19-8-4-7-18/h5-6,9,12H,4,8,10-11H2,1-3H3,(H,19,20). The number of nitrogens with zero attached hydrogens (tertiary/aromatic N) is 1. The molecule has 6 nitrogen and oxygen atoms in total. The highest BCUT2D eigenvalue weighted by atomic mass is 16.6. The van der Waals surface area contributed by atoms with Crippen LogP contribution in [0, 0.1) is 18.3 Å². The van der Waals surface area contributed by atoms with Crippen molar-refractivity contribution < 1.29 is 19.1 Å². The monoisotopic (exact) mass is 318 g/mol. The van der Waals surface area contributed by atoms with Gasteiger partial charge < -0.3 is 14.8 Å². The van der Waals surface area contributed by atoms with Crippen LogP contribution in [-0.4, -0.2) is 31.6 Å². The zero-order chi connectivity index (χ0) is 17.2. The molecule has 1 aromatic rings. The molecule has 0 unspecified atom stereocenters. The summed E-state index contributed by atoms with van der Waals surface area (Å²) in [5, 5.41) is 10.8. The van der Waals surface area contributed by atoms with E-state index >= 15 is 0 Å². The number of benzene rings is 1. The topological polar surface area (TPSA) is 88.4 Å². The zero-order valence-electron chi connectivity index (χ0n) is 13.7. The minimum Gasteiger partial charge on any atom is -0.482 e. The molecule has 0 aliphatic rings. The first-order valence-electron chi connectivity index (χ1n) is 7.46. The summed E-state index contributed by atoms with van der Waals surface area (Å²) >= 11 is 0. The largest absolute Gasteiger partial charge is 0.482 e. The molecule has 0 radical (unpaired) electrons. The first-order valence-corrected chi connectivity index (χ1v) is 7.46. The minimum absolute atomic E-state index is 0.216. The number of aryl methyl sites for hydroxylation is 1. The lowest BCUT2D eigenvalue weighted by Gasteiger charge is -2.14. The van der Waals surface area contributed by atoms with E-state index in [9.17, 15) is 9.59 Å². The van der Waals surface area contributed by atoms with Crippen molar-refractivity contribution >= 4 is 11.9 Å². The molecule has 1 N–H and O–H groups in total. The van der Waals surface area contributed by atoms with Crippen LogP contribution in [-0.2, 0) is 14.3 Å². The molecule has 0 saturated carbocycles. The third kappa shape index (κ3) is 6.83. The lowest BCUT2D eigenvalue weighted by molar-refractivity contribution is -0.150. The Labute approximate surface area is 136 Å². The lowest BCUT2D eigenvalue weighted by Crippen LogP contribution is -2.30. The Balaban J connectivity index is 2.43. The van der Waals surface area contributed by atoms with Gasteiger partial charge in [0.2, 0.25) is 0 Å². The Kier molecular flexibility index (Phi) is 7.61. The van der Waals surface area contributed by atoms with Crippen LogP contribution in [0.4, 0.5) is 0 Å². The summed E-state index contributed by atoms with van der Waals surface area (Å²) in [4.78, 5) is 23.0. The van der Waals surface area contributed by atoms with Gasteiger partial charge in [0.15, 0.2) is 13.2 Å². The van der Waals surface area contributed by atoms with E-state index in [0.29, 0.717) is 5.75 Å². The molecule has 0 fully saturated rings. The maximum Gasteiger partial charge on any atom is 0.344 e. The molecule has 0 atom stereocenters. The van der Waals surface area contributed by atoms with Crippen molar-refractivity contribution in [2.24, 2.45) is 0 Å². The number of amides is 1. The Bertz CT molecular complexity index is 591. The van der Waals surface area contributed by atoms with Crippen LogP contribution in [0.5, 0.6) is 5.75 Å². The normalized spacial score (nSPS) is 10.0. The fourth-order valence-corrected chi connectivity index (χ4v) is 1.88. The molecular weight excluding hydrogens is 296 g/mol. The third-order valence-electron chi connectivity index (χ3n) is 3.06. The molecule has 0 saturated heterocycles. The summed E-state index contributed by atoms with van der Waals surface area (Å²) in [7, 11) is 0. The van der Waals surface area contributed by atoms with Crippen LogP contribution >= 0.6 is 0 Å². The first-order chi connectivity index (χ1) is 10.9. The molecule has 0 spiro atoms. The van der Waals surface area contributed by atoms with Crippen LogP contribution in [0.25, 0.3) is 0 Å². The van der Waals surface area contributed by atoms with E-state index in [0.717, 1.165) is 11.1 Å². The summed E-state index contributed by atoms with van der Waals surface area (Å²) in [5.41, 5.74) is 2.05. The molecule has 1 rings (SSSR count). The van der Waals surface area contributed by atoms with Gasteiger partial charge in [0.05, 0.1) is 12.5 Å². The summed E-state index contributed by atoms with van der Waals surface area (Å²) in [6, 6.07) is 7.74. The lowest BCUT2D eigenvalue weighted by atomic mass is 10.0. The second-order valence-corrected chi connectivity index (χ2v) is 5.40. The zero-order valence-corrected chi connectivity index (χ0v) is 13.7. The molecule has 0 bridgehead atoms. The van der Waals surface area contributed by atoms with Gasteiger partial charge in [-0.1, -0.05) is 26.0 Å². The summed E-state index contributed by atoms with van der Waals surface area (Å²) < 4.78 is 10.4. The number of ether oxygens (including phenoxy) is 2. The minimum atomic E-state index is -0.614. The molecule has 0 aliphatic carbocycles. The number of hydrogen-bond acceptors (Lipinski definition) is 5. The summed E-state index contributed by atoms with van der Waals surface area (Å²) in [5.74, 6) is -0.133. The SMILES string of the molecule is Cc1ccc(C(C)C)c(OCC(=O)OCC(=O)NCCC#N)c1. The Hall–Kier alpha value is -2.55. The smallest absolute Gasteiger partial charge is 0.344 e. The van der Waals surface area contributed by atoms with Crippen LogP contribution in [0.1, 0.15) is 37.3 Å². The quantitative estimate of drug-likeness (QED) is 0.585. The van der Waals surface area contributed by atoms with E-state index in [1.807, 2.05) is 45.0 Å². The van der Waals surface area contributed by atoms with Crippen LogP contribution < -0.4 is 10.1 Å². The summed E-state index contributed by atoms with van der Waals surface area (Å²) in [6.07, 6.45) is 0.216. The highest BCUT2D eigenvalue weighted by Gasteiger charge is 2.12. The highest BCUT2D eigenvalue weighted by molar-refractivity contribution is 5.80. The van der Waals surface area contributed by atoms with Gasteiger partial charge in [-0.3, -0.25) is 4.79 Å². The molecule has 124 valence electrons. The van der Waals surface area contributed by atoms with E-state index in [1.165, 1.54) is 0 Å².